The predicted octanol–water partition coefficient (Wildman–Crippen LogP) is 1.35. The first-order valence-electron chi connectivity index (χ1n) is 7.32. The van der Waals surface area contributed by atoms with Gasteiger partial charge in [0.2, 0.25) is 11.8 Å². The van der Waals surface area contributed by atoms with Crippen molar-refractivity contribution in [1.82, 2.24) is 15.0 Å². The second-order valence-electron chi connectivity index (χ2n) is 5.60. The maximum Gasteiger partial charge on any atom is 0.248 e. The van der Waals surface area contributed by atoms with Crippen LogP contribution in [0.25, 0.3) is 0 Å². The van der Waals surface area contributed by atoms with Gasteiger partial charge in [0.1, 0.15) is 6.61 Å². The maximum absolute atomic E-state index is 11.9. The molecule has 1 saturated heterocycles. The van der Waals surface area contributed by atoms with Crippen molar-refractivity contribution in [2.75, 3.05) is 26.9 Å². The first-order chi connectivity index (χ1) is 10.1. The number of ether oxygens (including phenoxy) is 2. The fourth-order valence-corrected chi connectivity index (χ4v) is 2.03. The average Bonchev–Trinajstić information content (AvgIpc) is 3.09. The van der Waals surface area contributed by atoms with Crippen LogP contribution in [0.3, 0.4) is 0 Å². The van der Waals surface area contributed by atoms with Crippen molar-refractivity contribution >= 4 is 5.91 Å². The third-order valence-electron chi connectivity index (χ3n) is 3.34. The first kappa shape index (κ1) is 15.9. The number of rotatable bonds is 7. The molecule has 0 N–H and O–H groups in total. The Morgan fingerprint density at radius 3 is 2.95 bits per heavy atom. The molecule has 1 aromatic heterocycles. The van der Waals surface area contributed by atoms with Crippen molar-refractivity contribution in [1.29, 1.82) is 0 Å². The van der Waals surface area contributed by atoms with E-state index >= 15 is 0 Å². The molecule has 0 aliphatic carbocycles. The minimum atomic E-state index is -0.108. The quantitative estimate of drug-likeness (QED) is 0.756. The van der Waals surface area contributed by atoms with E-state index in [0.29, 0.717) is 24.9 Å². The van der Waals surface area contributed by atoms with E-state index in [-0.39, 0.29) is 24.5 Å². The largest absolute Gasteiger partial charge is 0.376 e. The monoisotopic (exact) mass is 297 g/mol. The molecule has 7 nitrogen and oxygen atoms in total. The number of nitrogens with zero attached hydrogens (tertiary/aromatic N) is 3. The highest BCUT2D eigenvalue weighted by molar-refractivity contribution is 5.77. The molecule has 2 rings (SSSR count). The van der Waals surface area contributed by atoms with Crippen molar-refractivity contribution in [3.05, 3.63) is 11.7 Å². The van der Waals surface area contributed by atoms with Gasteiger partial charge < -0.3 is 18.9 Å². The highest BCUT2D eigenvalue weighted by atomic mass is 16.5. The van der Waals surface area contributed by atoms with Gasteiger partial charge in [0, 0.05) is 19.6 Å². The topological polar surface area (TPSA) is 77.7 Å². The predicted molar refractivity (Wildman–Crippen MR) is 74.7 cm³/mol. The normalized spacial score (nSPS) is 18.4. The number of aromatic nitrogens is 2. The second kappa shape index (κ2) is 7.51. The Kier molecular flexibility index (Phi) is 5.69. The third-order valence-corrected chi connectivity index (χ3v) is 3.34. The van der Waals surface area contributed by atoms with Gasteiger partial charge in [-0.2, -0.15) is 4.98 Å². The smallest absolute Gasteiger partial charge is 0.248 e. The van der Waals surface area contributed by atoms with Gasteiger partial charge in [-0.25, -0.2) is 0 Å². The summed E-state index contributed by atoms with van der Waals surface area (Å²) < 4.78 is 15.9. The van der Waals surface area contributed by atoms with Crippen LogP contribution in [0.5, 0.6) is 0 Å². The third kappa shape index (κ3) is 4.78. The molecule has 0 radical (unpaired) electrons. The molecule has 1 aromatic rings. The summed E-state index contributed by atoms with van der Waals surface area (Å²) in [6, 6.07) is 0. The lowest BCUT2D eigenvalue weighted by molar-refractivity contribution is -0.136. The minimum absolute atomic E-state index is 0.0469. The molecular weight excluding hydrogens is 274 g/mol. The van der Waals surface area contributed by atoms with Gasteiger partial charge in [-0.05, 0) is 12.8 Å². The number of carbonyl (C=O) groups is 1. The molecule has 0 bridgehead atoms. The van der Waals surface area contributed by atoms with E-state index in [4.69, 9.17) is 14.0 Å². The highest BCUT2D eigenvalue weighted by Crippen LogP contribution is 2.13. The van der Waals surface area contributed by atoms with E-state index in [1.165, 1.54) is 4.90 Å². The number of likely N-dealkylation sites (N-methyl/N-ethyl adjacent to an activating group) is 1. The standard InChI is InChI=1S/C14H23N3O4/c1-10(2)14-15-12(16-21-14)7-17(3)13(18)9-19-8-11-5-4-6-20-11/h10-11H,4-9H2,1-3H3/t11-/m1/s1. The summed E-state index contributed by atoms with van der Waals surface area (Å²) in [5.74, 6) is 1.17. The number of hydrogen-bond acceptors (Lipinski definition) is 6. The van der Waals surface area contributed by atoms with Crippen molar-refractivity contribution < 1.29 is 18.8 Å². The van der Waals surface area contributed by atoms with Crippen LogP contribution in [0.1, 0.15) is 44.3 Å². The molecule has 7 heteroatoms. The van der Waals surface area contributed by atoms with Crippen LogP contribution in [0.15, 0.2) is 4.52 Å². The molecule has 0 unspecified atom stereocenters. The van der Waals surface area contributed by atoms with E-state index in [9.17, 15) is 4.79 Å². The summed E-state index contributed by atoms with van der Waals surface area (Å²) in [5.41, 5.74) is 0. The molecule has 1 aliphatic heterocycles. The molecule has 0 aromatic carbocycles. The summed E-state index contributed by atoms with van der Waals surface area (Å²) in [6.07, 6.45) is 2.21. The number of amides is 1. The van der Waals surface area contributed by atoms with E-state index in [2.05, 4.69) is 10.1 Å². The minimum Gasteiger partial charge on any atom is -0.376 e. The summed E-state index contributed by atoms with van der Waals surface area (Å²) in [5, 5.41) is 3.86. The van der Waals surface area contributed by atoms with Crippen molar-refractivity contribution in [3.8, 4) is 0 Å². The van der Waals surface area contributed by atoms with Gasteiger partial charge in [-0.15, -0.1) is 0 Å². The van der Waals surface area contributed by atoms with Crippen LogP contribution >= 0.6 is 0 Å². The van der Waals surface area contributed by atoms with Gasteiger partial charge in [0.15, 0.2) is 5.82 Å². The number of hydrogen-bond donors (Lipinski definition) is 0. The molecule has 0 spiro atoms. The summed E-state index contributed by atoms with van der Waals surface area (Å²) >= 11 is 0. The molecule has 1 fully saturated rings. The van der Waals surface area contributed by atoms with Gasteiger partial charge in [-0.1, -0.05) is 19.0 Å². The fraction of sp³-hybridized carbons (Fsp3) is 0.786. The van der Waals surface area contributed by atoms with Crippen LogP contribution in [0, 0.1) is 0 Å². The first-order valence-corrected chi connectivity index (χ1v) is 7.32. The molecule has 1 aliphatic rings. The molecule has 2 heterocycles. The molecule has 1 amide bonds. The maximum atomic E-state index is 11.9. The van der Waals surface area contributed by atoms with E-state index in [1.807, 2.05) is 13.8 Å². The number of carbonyl (C=O) groups excluding carboxylic acids is 1. The lowest BCUT2D eigenvalue weighted by Crippen LogP contribution is -2.31. The molecule has 21 heavy (non-hydrogen) atoms. The Hall–Kier alpha value is -1.47. The lowest BCUT2D eigenvalue weighted by Gasteiger charge is -2.16. The Bertz CT molecular complexity index is 455. The zero-order chi connectivity index (χ0) is 15.2. The lowest BCUT2D eigenvalue weighted by atomic mass is 10.2. The average molecular weight is 297 g/mol. The Balaban J connectivity index is 1.70. The molecular formula is C14H23N3O4. The van der Waals surface area contributed by atoms with Crippen LogP contribution in [0.2, 0.25) is 0 Å². The van der Waals surface area contributed by atoms with Crippen molar-refractivity contribution in [2.45, 2.75) is 45.3 Å². The summed E-state index contributed by atoms with van der Waals surface area (Å²) in [7, 11) is 1.70. The fourth-order valence-electron chi connectivity index (χ4n) is 2.03. The van der Waals surface area contributed by atoms with Gasteiger partial charge in [0.25, 0.3) is 0 Å². The summed E-state index contributed by atoms with van der Waals surface area (Å²) in [4.78, 5) is 17.7. The highest BCUT2D eigenvalue weighted by Gasteiger charge is 2.18. The van der Waals surface area contributed by atoms with Gasteiger partial charge in [0.05, 0.1) is 19.3 Å². The molecule has 0 saturated carbocycles. The Labute approximate surface area is 124 Å². The van der Waals surface area contributed by atoms with E-state index in [0.717, 1.165) is 19.4 Å². The van der Waals surface area contributed by atoms with Crippen molar-refractivity contribution in [3.63, 3.8) is 0 Å². The Morgan fingerprint density at radius 1 is 1.52 bits per heavy atom. The van der Waals surface area contributed by atoms with Crippen LogP contribution < -0.4 is 0 Å². The van der Waals surface area contributed by atoms with Crippen LogP contribution in [0.4, 0.5) is 0 Å². The van der Waals surface area contributed by atoms with Crippen molar-refractivity contribution in [2.24, 2.45) is 0 Å². The summed E-state index contributed by atoms with van der Waals surface area (Å²) in [6.45, 7) is 5.58. The van der Waals surface area contributed by atoms with E-state index in [1.54, 1.807) is 7.05 Å². The zero-order valence-electron chi connectivity index (χ0n) is 12.9. The zero-order valence-corrected chi connectivity index (χ0v) is 12.9. The van der Waals surface area contributed by atoms with Gasteiger partial charge in [-0.3, -0.25) is 4.79 Å². The van der Waals surface area contributed by atoms with E-state index < -0.39 is 0 Å². The van der Waals surface area contributed by atoms with Crippen LogP contribution in [-0.4, -0.2) is 53.9 Å². The van der Waals surface area contributed by atoms with Gasteiger partial charge >= 0.3 is 0 Å². The second-order valence-corrected chi connectivity index (χ2v) is 5.60. The Morgan fingerprint density at radius 2 is 2.33 bits per heavy atom. The van der Waals surface area contributed by atoms with Crippen LogP contribution in [-0.2, 0) is 20.8 Å². The molecule has 1 atom stereocenters. The molecule has 118 valence electrons. The SMILES string of the molecule is CC(C)c1nc(CN(C)C(=O)COC[C@H]2CCCO2)no1.